The Morgan fingerprint density at radius 3 is 2.71 bits per heavy atom. The Kier molecular flexibility index (Phi) is 3.33. The molecular formula is C15H23N5O. The number of aliphatic imine (C=N–C) groups is 1. The molecule has 21 heavy (non-hydrogen) atoms. The molecule has 4 heterocycles. The van der Waals surface area contributed by atoms with Gasteiger partial charge in [0.1, 0.15) is 0 Å². The molecule has 0 aliphatic carbocycles. The summed E-state index contributed by atoms with van der Waals surface area (Å²) in [6.45, 7) is 3.89. The lowest BCUT2D eigenvalue weighted by Gasteiger charge is -2.23. The van der Waals surface area contributed by atoms with E-state index in [2.05, 4.69) is 20.3 Å². The van der Waals surface area contributed by atoms with Crippen LogP contribution in [0.15, 0.2) is 23.5 Å². The summed E-state index contributed by atoms with van der Waals surface area (Å²) in [5.41, 5.74) is 0. The van der Waals surface area contributed by atoms with E-state index in [0.717, 1.165) is 32.1 Å². The number of hydrogen-bond acceptors (Lipinski definition) is 3. The van der Waals surface area contributed by atoms with Gasteiger partial charge in [-0.15, -0.1) is 0 Å². The van der Waals surface area contributed by atoms with Crippen LogP contribution in [0, 0.1) is 11.8 Å². The number of fused-ring (bicyclic) bond motifs is 5. The second kappa shape index (κ2) is 5.33. The third kappa shape index (κ3) is 2.31. The minimum absolute atomic E-state index is 0.507. The van der Waals surface area contributed by atoms with Crippen LogP contribution < -0.4 is 5.32 Å². The first-order valence-corrected chi connectivity index (χ1v) is 7.93. The van der Waals surface area contributed by atoms with Gasteiger partial charge in [-0.2, -0.15) is 5.10 Å². The van der Waals surface area contributed by atoms with Gasteiger partial charge >= 0.3 is 0 Å². The molecule has 2 bridgehead atoms. The first-order chi connectivity index (χ1) is 10.3. The van der Waals surface area contributed by atoms with Gasteiger partial charge in [-0.25, -0.2) is 0 Å². The summed E-state index contributed by atoms with van der Waals surface area (Å²) in [6.07, 6.45) is 7.32. The Morgan fingerprint density at radius 1 is 1.33 bits per heavy atom. The van der Waals surface area contributed by atoms with Crippen molar-refractivity contribution < 1.29 is 4.74 Å². The lowest BCUT2D eigenvalue weighted by atomic mass is 9.82. The maximum Gasteiger partial charge on any atom is 0.193 e. The van der Waals surface area contributed by atoms with Gasteiger partial charge < -0.3 is 15.0 Å². The molecule has 6 heteroatoms. The normalized spacial score (nSPS) is 34.5. The van der Waals surface area contributed by atoms with E-state index >= 15 is 0 Å². The van der Waals surface area contributed by atoms with Gasteiger partial charge in [0.15, 0.2) is 5.96 Å². The average molecular weight is 289 g/mol. The lowest BCUT2D eigenvalue weighted by Crippen LogP contribution is -2.42. The summed E-state index contributed by atoms with van der Waals surface area (Å²) in [4.78, 5) is 6.86. The molecule has 1 aromatic heterocycles. The highest BCUT2D eigenvalue weighted by Crippen LogP contribution is 2.47. The highest BCUT2D eigenvalue weighted by atomic mass is 16.5. The second-order valence-electron chi connectivity index (χ2n) is 6.27. The number of likely N-dealkylation sites (tertiary alicyclic amines) is 1. The van der Waals surface area contributed by atoms with Crippen LogP contribution in [0.2, 0.25) is 0 Å². The van der Waals surface area contributed by atoms with E-state index < -0.39 is 0 Å². The molecule has 6 nitrogen and oxygen atoms in total. The van der Waals surface area contributed by atoms with Crippen molar-refractivity contribution in [2.24, 2.45) is 16.8 Å². The molecule has 3 saturated heterocycles. The van der Waals surface area contributed by atoms with Crippen molar-refractivity contribution in [3.8, 4) is 0 Å². The highest BCUT2D eigenvalue weighted by Gasteiger charge is 2.53. The van der Waals surface area contributed by atoms with Crippen LogP contribution in [0.4, 0.5) is 0 Å². The molecule has 0 saturated carbocycles. The van der Waals surface area contributed by atoms with Crippen molar-refractivity contribution >= 4 is 5.96 Å². The maximum absolute atomic E-state index is 6.03. The van der Waals surface area contributed by atoms with E-state index in [1.165, 1.54) is 12.8 Å². The molecule has 4 rings (SSSR count). The van der Waals surface area contributed by atoms with E-state index in [9.17, 15) is 0 Å². The van der Waals surface area contributed by atoms with Crippen LogP contribution in [-0.4, -0.2) is 59.5 Å². The van der Waals surface area contributed by atoms with E-state index in [4.69, 9.17) is 4.74 Å². The molecule has 3 aliphatic rings. The van der Waals surface area contributed by atoms with Crippen molar-refractivity contribution in [2.45, 2.75) is 31.6 Å². The second-order valence-corrected chi connectivity index (χ2v) is 6.27. The Labute approximate surface area is 125 Å². The summed E-state index contributed by atoms with van der Waals surface area (Å²) >= 11 is 0. The Bertz CT molecular complexity index is 496. The first-order valence-electron chi connectivity index (χ1n) is 7.93. The van der Waals surface area contributed by atoms with Gasteiger partial charge in [0.05, 0.1) is 18.8 Å². The van der Waals surface area contributed by atoms with Gasteiger partial charge in [-0.1, -0.05) is 0 Å². The van der Waals surface area contributed by atoms with Crippen LogP contribution in [0.5, 0.6) is 0 Å². The zero-order valence-electron chi connectivity index (χ0n) is 12.5. The zero-order chi connectivity index (χ0) is 14.2. The van der Waals surface area contributed by atoms with Crippen LogP contribution >= 0.6 is 0 Å². The molecule has 4 atom stereocenters. The van der Waals surface area contributed by atoms with Crippen molar-refractivity contribution in [1.29, 1.82) is 0 Å². The van der Waals surface area contributed by atoms with Crippen LogP contribution in [0.3, 0.4) is 0 Å². The van der Waals surface area contributed by atoms with Gasteiger partial charge in [0.25, 0.3) is 0 Å². The molecule has 0 radical (unpaired) electrons. The Morgan fingerprint density at radius 2 is 2.10 bits per heavy atom. The van der Waals surface area contributed by atoms with Gasteiger partial charge in [-0.3, -0.25) is 9.67 Å². The quantitative estimate of drug-likeness (QED) is 0.653. The standard InChI is InChI=1S/C15H23N5O/c1-16-15(17-6-8-20-7-2-5-18-20)19-9-11-12(10-19)14-4-3-13(11)21-14/h2,5,7,11-14H,3-4,6,8-10H2,1H3,(H,16,17). The molecule has 0 amide bonds. The summed E-state index contributed by atoms with van der Waals surface area (Å²) in [6, 6.07) is 1.95. The van der Waals surface area contributed by atoms with Crippen LogP contribution in [-0.2, 0) is 11.3 Å². The predicted molar refractivity (Wildman–Crippen MR) is 80.0 cm³/mol. The van der Waals surface area contributed by atoms with Crippen molar-refractivity contribution in [3.63, 3.8) is 0 Å². The van der Waals surface area contributed by atoms with Gasteiger partial charge in [0.2, 0.25) is 0 Å². The number of guanidine groups is 1. The Hall–Kier alpha value is -1.56. The summed E-state index contributed by atoms with van der Waals surface area (Å²) in [5, 5.41) is 7.68. The third-order valence-corrected chi connectivity index (χ3v) is 5.15. The molecule has 4 unspecified atom stereocenters. The fraction of sp³-hybridized carbons (Fsp3) is 0.733. The first kappa shape index (κ1) is 13.1. The Balaban J connectivity index is 1.32. The van der Waals surface area contributed by atoms with Crippen LogP contribution in [0.25, 0.3) is 0 Å². The molecule has 3 aliphatic heterocycles. The number of aromatic nitrogens is 2. The number of hydrogen-bond donors (Lipinski definition) is 1. The van der Waals surface area contributed by atoms with Crippen molar-refractivity contribution in [3.05, 3.63) is 18.5 Å². The molecule has 0 aromatic carbocycles. The molecule has 1 aromatic rings. The summed E-state index contributed by atoms with van der Waals surface area (Å²) in [5.74, 6) is 2.46. The average Bonchev–Trinajstić information content (AvgIpc) is 3.25. The van der Waals surface area contributed by atoms with E-state index in [1.807, 2.05) is 30.2 Å². The largest absolute Gasteiger partial charge is 0.374 e. The fourth-order valence-corrected chi connectivity index (χ4v) is 4.18. The van der Waals surface area contributed by atoms with Gasteiger partial charge in [0, 0.05) is 50.9 Å². The van der Waals surface area contributed by atoms with E-state index in [0.29, 0.717) is 24.0 Å². The molecule has 114 valence electrons. The maximum atomic E-state index is 6.03. The van der Waals surface area contributed by atoms with E-state index in [-0.39, 0.29) is 0 Å². The summed E-state index contributed by atoms with van der Waals surface area (Å²) < 4.78 is 7.97. The molecule has 1 N–H and O–H groups in total. The highest BCUT2D eigenvalue weighted by molar-refractivity contribution is 5.80. The minimum atomic E-state index is 0.507. The monoisotopic (exact) mass is 289 g/mol. The fourth-order valence-electron chi connectivity index (χ4n) is 4.18. The van der Waals surface area contributed by atoms with Crippen molar-refractivity contribution in [1.82, 2.24) is 20.0 Å². The molecular weight excluding hydrogens is 266 g/mol. The number of nitrogens with one attached hydrogen (secondary N) is 1. The number of ether oxygens (including phenoxy) is 1. The number of nitrogens with zero attached hydrogens (tertiary/aromatic N) is 4. The minimum Gasteiger partial charge on any atom is -0.374 e. The molecule has 0 spiro atoms. The zero-order valence-corrected chi connectivity index (χ0v) is 12.5. The molecule has 3 fully saturated rings. The van der Waals surface area contributed by atoms with Gasteiger partial charge in [-0.05, 0) is 18.9 Å². The third-order valence-electron chi connectivity index (χ3n) is 5.15. The van der Waals surface area contributed by atoms with E-state index in [1.54, 1.807) is 0 Å². The SMILES string of the molecule is CN=C(NCCn1cccn1)N1CC2C3CCC(O3)C2C1. The topological polar surface area (TPSA) is 54.7 Å². The van der Waals surface area contributed by atoms with Crippen LogP contribution in [0.1, 0.15) is 12.8 Å². The smallest absolute Gasteiger partial charge is 0.193 e. The predicted octanol–water partition coefficient (Wildman–Crippen LogP) is 0.568. The summed E-state index contributed by atoms with van der Waals surface area (Å²) in [7, 11) is 1.87. The lowest BCUT2D eigenvalue weighted by molar-refractivity contribution is 0.0767. The van der Waals surface area contributed by atoms with Crippen molar-refractivity contribution in [2.75, 3.05) is 26.7 Å². The number of rotatable bonds is 3.